The molecule has 0 bridgehead atoms. The number of halogens is 1. The Kier molecular flexibility index (Phi) is 5.32. The van der Waals surface area contributed by atoms with Crippen molar-refractivity contribution in [3.63, 3.8) is 0 Å². The highest BCUT2D eigenvalue weighted by atomic mass is 79.9. The van der Waals surface area contributed by atoms with E-state index >= 15 is 0 Å². The first kappa shape index (κ1) is 13.0. The van der Waals surface area contributed by atoms with Crippen LogP contribution in [0.4, 0.5) is 5.69 Å². The molecule has 3 nitrogen and oxygen atoms in total. The molecule has 0 spiro atoms. The van der Waals surface area contributed by atoms with Gasteiger partial charge in [-0.1, -0.05) is 19.1 Å². The summed E-state index contributed by atoms with van der Waals surface area (Å²) < 4.78 is 5.93. The van der Waals surface area contributed by atoms with Crippen molar-refractivity contribution >= 4 is 27.6 Å². The molecule has 1 aromatic carbocycles. The van der Waals surface area contributed by atoms with Crippen LogP contribution in [0, 0.1) is 0 Å². The first-order valence-electron chi connectivity index (χ1n) is 5.36. The van der Waals surface area contributed by atoms with E-state index in [1.165, 1.54) is 0 Å². The van der Waals surface area contributed by atoms with E-state index in [9.17, 15) is 4.79 Å². The summed E-state index contributed by atoms with van der Waals surface area (Å²) in [5, 5.41) is 3.16. The number of ether oxygens (including phenoxy) is 1. The quantitative estimate of drug-likeness (QED) is 0.845. The summed E-state index contributed by atoms with van der Waals surface area (Å²) in [5.41, 5.74) is 0.905. The van der Waals surface area contributed by atoms with E-state index in [4.69, 9.17) is 4.74 Å². The van der Waals surface area contributed by atoms with Crippen LogP contribution in [0.5, 0.6) is 0 Å². The molecular formula is C12H16BrNO2. The van der Waals surface area contributed by atoms with Gasteiger partial charge in [-0.15, -0.1) is 0 Å². The van der Waals surface area contributed by atoms with Crippen LogP contribution in [0.15, 0.2) is 28.7 Å². The first-order chi connectivity index (χ1) is 7.69. The molecular weight excluding hydrogens is 270 g/mol. The van der Waals surface area contributed by atoms with Gasteiger partial charge >= 0.3 is 5.97 Å². The van der Waals surface area contributed by atoms with Crippen molar-refractivity contribution in [2.24, 2.45) is 0 Å². The molecule has 1 unspecified atom stereocenters. The van der Waals surface area contributed by atoms with Gasteiger partial charge in [-0.2, -0.15) is 0 Å². The van der Waals surface area contributed by atoms with Crippen LogP contribution in [-0.2, 0) is 9.53 Å². The fourth-order valence-corrected chi connectivity index (χ4v) is 1.74. The second kappa shape index (κ2) is 6.53. The normalized spacial score (nSPS) is 11.9. The van der Waals surface area contributed by atoms with Gasteiger partial charge in [0.2, 0.25) is 0 Å². The van der Waals surface area contributed by atoms with Crippen LogP contribution in [0.2, 0.25) is 0 Å². The van der Waals surface area contributed by atoms with Crippen LogP contribution >= 0.6 is 15.9 Å². The van der Waals surface area contributed by atoms with E-state index in [-0.39, 0.29) is 12.0 Å². The lowest BCUT2D eigenvalue weighted by molar-refractivity contribution is -0.144. The minimum Gasteiger partial charge on any atom is -0.464 e. The Hall–Kier alpha value is -1.03. The predicted octanol–water partition coefficient (Wildman–Crippen LogP) is 3.20. The van der Waals surface area contributed by atoms with Gasteiger partial charge in [-0.3, -0.25) is 0 Å². The third kappa shape index (κ3) is 3.52. The maximum Gasteiger partial charge on any atom is 0.328 e. The van der Waals surface area contributed by atoms with Crippen molar-refractivity contribution in [1.82, 2.24) is 0 Å². The van der Waals surface area contributed by atoms with E-state index in [0.29, 0.717) is 13.0 Å². The number of hydrogen-bond acceptors (Lipinski definition) is 3. The maximum atomic E-state index is 11.6. The van der Waals surface area contributed by atoms with E-state index in [1.807, 2.05) is 38.1 Å². The molecule has 0 saturated carbocycles. The number of carbonyl (C=O) groups excluding carboxylic acids is 1. The molecule has 0 saturated heterocycles. The van der Waals surface area contributed by atoms with Gasteiger partial charge in [-0.25, -0.2) is 4.79 Å². The highest BCUT2D eigenvalue weighted by Gasteiger charge is 2.17. The molecule has 0 aliphatic rings. The molecule has 0 heterocycles. The largest absolute Gasteiger partial charge is 0.464 e. The van der Waals surface area contributed by atoms with E-state index < -0.39 is 0 Å². The Balaban J connectivity index is 2.70. The second-order valence-electron chi connectivity index (χ2n) is 3.34. The number of nitrogens with one attached hydrogen (secondary N) is 1. The number of carbonyl (C=O) groups is 1. The third-order valence-corrected chi connectivity index (χ3v) is 2.87. The Morgan fingerprint density at radius 1 is 1.44 bits per heavy atom. The number of anilines is 1. The molecule has 0 amide bonds. The average Bonchev–Trinajstić information content (AvgIpc) is 2.28. The molecule has 88 valence electrons. The molecule has 16 heavy (non-hydrogen) atoms. The second-order valence-corrected chi connectivity index (χ2v) is 4.19. The maximum absolute atomic E-state index is 11.6. The van der Waals surface area contributed by atoms with Gasteiger partial charge in [0, 0.05) is 10.2 Å². The van der Waals surface area contributed by atoms with Crippen LogP contribution in [0.25, 0.3) is 0 Å². The van der Waals surface area contributed by atoms with Crippen molar-refractivity contribution in [2.75, 3.05) is 11.9 Å². The zero-order valence-electron chi connectivity index (χ0n) is 9.50. The van der Waals surface area contributed by atoms with Gasteiger partial charge in [0.05, 0.1) is 6.61 Å². The number of para-hydroxylation sites is 1. The Labute approximate surface area is 104 Å². The van der Waals surface area contributed by atoms with Crippen LogP contribution in [0.1, 0.15) is 20.3 Å². The summed E-state index contributed by atoms with van der Waals surface area (Å²) in [6, 6.07) is 7.41. The highest BCUT2D eigenvalue weighted by Crippen LogP contribution is 2.22. The predicted molar refractivity (Wildman–Crippen MR) is 68.5 cm³/mol. The highest BCUT2D eigenvalue weighted by molar-refractivity contribution is 9.10. The minimum absolute atomic E-state index is 0.208. The lowest BCUT2D eigenvalue weighted by atomic mass is 10.2. The van der Waals surface area contributed by atoms with Crippen molar-refractivity contribution in [1.29, 1.82) is 0 Å². The fraction of sp³-hybridized carbons (Fsp3) is 0.417. The zero-order valence-corrected chi connectivity index (χ0v) is 11.1. The van der Waals surface area contributed by atoms with E-state index in [0.717, 1.165) is 10.2 Å². The molecule has 0 aliphatic carbocycles. The summed E-state index contributed by atoms with van der Waals surface area (Å²) in [7, 11) is 0. The molecule has 0 radical (unpaired) electrons. The average molecular weight is 286 g/mol. The van der Waals surface area contributed by atoms with E-state index in [2.05, 4.69) is 21.2 Å². The standard InChI is InChI=1S/C12H16BrNO2/c1-3-10(12(15)16-4-2)14-11-8-6-5-7-9(11)13/h5-8,10,14H,3-4H2,1-2H3. The summed E-state index contributed by atoms with van der Waals surface area (Å²) in [4.78, 5) is 11.6. The van der Waals surface area contributed by atoms with Crippen molar-refractivity contribution in [3.05, 3.63) is 28.7 Å². The van der Waals surface area contributed by atoms with Gasteiger partial charge in [0.15, 0.2) is 0 Å². The Morgan fingerprint density at radius 2 is 2.12 bits per heavy atom. The Bertz CT molecular complexity index is 355. The summed E-state index contributed by atoms with van der Waals surface area (Å²) in [6.07, 6.45) is 0.695. The lowest BCUT2D eigenvalue weighted by Gasteiger charge is -2.17. The third-order valence-electron chi connectivity index (χ3n) is 2.18. The van der Waals surface area contributed by atoms with Gasteiger partial charge < -0.3 is 10.1 Å². The SMILES string of the molecule is CCOC(=O)C(CC)Nc1ccccc1Br. The molecule has 1 aromatic rings. The summed E-state index contributed by atoms with van der Waals surface area (Å²) in [6.45, 7) is 4.17. The van der Waals surface area contributed by atoms with Crippen molar-refractivity contribution < 1.29 is 9.53 Å². The summed E-state index contributed by atoms with van der Waals surface area (Å²) >= 11 is 3.43. The van der Waals surface area contributed by atoms with Crippen molar-refractivity contribution in [2.45, 2.75) is 26.3 Å². The molecule has 1 N–H and O–H groups in total. The smallest absolute Gasteiger partial charge is 0.328 e. The van der Waals surface area contributed by atoms with Crippen LogP contribution in [0.3, 0.4) is 0 Å². The van der Waals surface area contributed by atoms with Gasteiger partial charge in [0.1, 0.15) is 6.04 Å². The number of rotatable bonds is 5. The van der Waals surface area contributed by atoms with E-state index in [1.54, 1.807) is 0 Å². The monoisotopic (exact) mass is 285 g/mol. The molecule has 1 rings (SSSR count). The molecule has 0 fully saturated rings. The topological polar surface area (TPSA) is 38.3 Å². The minimum atomic E-state index is -0.293. The molecule has 0 aromatic heterocycles. The lowest BCUT2D eigenvalue weighted by Crippen LogP contribution is -2.30. The number of esters is 1. The molecule has 1 atom stereocenters. The fourth-order valence-electron chi connectivity index (χ4n) is 1.34. The van der Waals surface area contributed by atoms with Crippen LogP contribution in [-0.4, -0.2) is 18.6 Å². The van der Waals surface area contributed by atoms with Gasteiger partial charge in [-0.05, 0) is 41.4 Å². The van der Waals surface area contributed by atoms with Crippen molar-refractivity contribution in [3.8, 4) is 0 Å². The Morgan fingerprint density at radius 3 is 2.69 bits per heavy atom. The van der Waals surface area contributed by atoms with Gasteiger partial charge in [0.25, 0.3) is 0 Å². The molecule has 4 heteroatoms. The number of hydrogen-bond donors (Lipinski definition) is 1. The summed E-state index contributed by atoms with van der Waals surface area (Å²) in [5.74, 6) is -0.208. The zero-order chi connectivity index (χ0) is 12.0. The number of benzene rings is 1. The molecule has 0 aliphatic heterocycles. The first-order valence-corrected chi connectivity index (χ1v) is 6.16. The van der Waals surface area contributed by atoms with Crippen LogP contribution < -0.4 is 5.32 Å².